The Morgan fingerprint density at radius 2 is 1.63 bits per heavy atom. The van der Waals surface area contributed by atoms with E-state index in [4.69, 9.17) is 0 Å². The van der Waals surface area contributed by atoms with Crippen LogP contribution in [0.4, 0.5) is 0 Å². The van der Waals surface area contributed by atoms with Gasteiger partial charge in [0.25, 0.3) is 0 Å². The summed E-state index contributed by atoms with van der Waals surface area (Å²) >= 11 is 0. The molecule has 108 valence electrons. The largest absolute Gasteiger partial charge is 0.392 e. The number of nitrogens with zero attached hydrogens (tertiary/aromatic N) is 2. The summed E-state index contributed by atoms with van der Waals surface area (Å²) in [6.45, 7) is 4.35. The van der Waals surface area contributed by atoms with Crippen molar-refractivity contribution in [1.29, 1.82) is 0 Å². The van der Waals surface area contributed by atoms with Crippen LogP contribution in [0, 0.1) is 0 Å². The number of halogens is 2. The first kappa shape index (κ1) is 16.7. The van der Waals surface area contributed by atoms with Crippen molar-refractivity contribution in [2.75, 3.05) is 26.2 Å². The topological polar surface area (TPSA) is 26.7 Å². The summed E-state index contributed by atoms with van der Waals surface area (Å²) in [6.07, 6.45) is 2.01. The van der Waals surface area contributed by atoms with Gasteiger partial charge < -0.3 is 5.11 Å². The molecule has 1 aromatic rings. The minimum absolute atomic E-state index is 0. The molecule has 0 aromatic heterocycles. The van der Waals surface area contributed by atoms with Gasteiger partial charge >= 0.3 is 0 Å². The Labute approximate surface area is 127 Å². The van der Waals surface area contributed by atoms with E-state index < -0.39 is 0 Å². The smallest absolute Gasteiger partial charge is 0.0634 e. The Hall–Kier alpha value is -0.320. The highest BCUT2D eigenvalue weighted by Gasteiger charge is 2.33. The van der Waals surface area contributed by atoms with Gasteiger partial charge in [-0.15, -0.1) is 24.8 Å². The van der Waals surface area contributed by atoms with Crippen molar-refractivity contribution in [3.8, 4) is 0 Å². The quantitative estimate of drug-likeness (QED) is 0.908. The van der Waals surface area contributed by atoms with Crippen LogP contribution < -0.4 is 0 Å². The third kappa shape index (κ3) is 3.61. The van der Waals surface area contributed by atoms with Crippen LogP contribution in [0.25, 0.3) is 0 Å². The number of hydrogen-bond acceptors (Lipinski definition) is 3. The fourth-order valence-electron chi connectivity index (χ4n) is 2.79. The van der Waals surface area contributed by atoms with E-state index in [1.165, 1.54) is 25.1 Å². The summed E-state index contributed by atoms with van der Waals surface area (Å²) in [4.78, 5) is 0. The van der Waals surface area contributed by atoms with E-state index in [0.717, 1.165) is 19.5 Å². The van der Waals surface area contributed by atoms with Crippen LogP contribution in [-0.4, -0.2) is 47.4 Å². The molecule has 19 heavy (non-hydrogen) atoms. The number of aliphatic hydroxyl groups excluding tert-OH is 1. The van der Waals surface area contributed by atoms with Gasteiger partial charge in [-0.05, 0) is 18.4 Å². The lowest BCUT2D eigenvalue weighted by Gasteiger charge is -2.46. The molecule has 5 heteroatoms. The van der Waals surface area contributed by atoms with Gasteiger partial charge in [0.2, 0.25) is 0 Å². The number of piperidine rings is 1. The van der Waals surface area contributed by atoms with E-state index in [0.29, 0.717) is 0 Å². The van der Waals surface area contributed by atoms with Crippen molar-refractivity contribution >= 4 is 24.8 Å². The first-order valence-electron chi connectivity index (χ1n) is 6.57. The van der Waals surface area contributed by atoms with Crippen LogP contribution in [0.5, 0.6) is 0 Å². The fraction of sp³-hybridized carbons (Fsp3) is 0.571. The highest BCUT2D eigenvalue weighted by Crippen LogP contribution is 2.29. The van der Waals surface area contributed by atoms with E-state index in [9.17, 15) is 5.11 Å². The number of rotatable bonds is 2. The second-order valence-electron chi connectivity index (χ2n) is 5.09. The summed E-state index contributed by atoms with van der Waals surface area (Å²) in [5.74, 6) is 0.269. The molecule has 2 fully saturated rings. The zero-order valence-corrected chi connectivity index (χ0v) is 12.6. The maximum absolute atomic E-state index is 10.2. The van der Waals surface area contributed by atoms with Gasteiger partial charge in [-0.2, -0.15) is 0 Å². The van der Waals surface area contributed by atoms with Crippen LogP contribution in [0.1, 0.15) is 24.3 Å². The number of hydrogen-bond donors (Lipinski definition) is 1. The van der Waals surface area contributed by atoms with Gasteiger partial charge in [0, 0.05) is 32.1 Å². The van der Waals surface area contributed by atoms with Crippen LogP contribution in [-0.2, 0) is 0 Å². The standard InChI is InChI=1S/C14H20N2O.2ClH/c17-14-7-10-16(15-8-4-9-15)11-13(14)12-5-2-1-3-6-12;;/h1-3,5-6,13-14,17H,4,7-11H2;2*1H. The molecule has 0 spiro atoms. The highest BCUT2D eigenvalue weighted by molar-refractivity contribution is 5.85. The Balaban J connectivity index is 0.000000902. The number of benzene rings is 1. The van der Waals surface area contributed by atoms with E-state index in [1.807, 2.05) is 6.07 Å². The SMILES string of the molecule is Cl.Cl.OC1CCN(N2CCC2)CC1c1ccccc1. The first-order chi connectivity index (χ1) is 8.34. The third-order valence-corrected chi connectivity index (χ3v) is 4.02. The lowest BCUT2D eigenvalue weighted by Crippen LogP contribution is -2.55. The molecule has 3 rings (SSSR count). The van der Waals surface area contributed by atoms with Crippen molar-refractivity contribution in [1.82, 2.24) is 10.0 Å². The van der Waals surface area contributed by atoms with E-state index >= 15 is 0 Å². The summed E-state index contributed by atoms with van der Waals surface area (Å²) in [5.41, 5.74) is 1.27. The molecule has 2 aliphatic heterocycles. The monoisotopic (exact) mass is 304 g/mol. The maximum Gasteiger partial charge on any atom is 0.0634 e. The van der Waals surface area contributed by atoms with Crippen LogP contribution >= 0.6 is 24.8 Å². The molecule has 1 aromatic carbocycles. The zero-order valence-electron chi connectivity index (χ0n) is 10.9. The molecule has 2 heterocycles. The molecule has 2 atom stereocenters. The maximum atomic E-state index is 10.2. The lowest BCUT2D eigenvalue weighted by molar-refractivity contribution is -0.107. The van der Waals surface area contributed by atoms with Gasteiger partial charge in [0.15, 0.2) is 0 Å². The van der Waals surface area contributed by atoms with Crippen LogP contribution in [0.2, 0.25) is 0 Å². The Bertz CT molecular complexity index is 373. The molecule has 0 radical (unpaired) electrons. The van der Waals surface area contributed by atoms with Crippen molar-refractivity contribution in [3.05, 3.63) is 35.9 Å². The lowest BCUT2D eigenvalue weighted by atomic mass is 9.88. The van der Waals surface area contributed by atoms with Crippen molar-refractivity contribution in [3.63, 3.8) is 0 Å². The second kappa shape index (κ2) is 7.46. The number of hydrazine groups is 1. The molecule has 3 nitrogen and oxygen atoms in total. The average molecular weight is 305 g/mol. The third-order valence-electron chi connectivity index (χ3n) is 4.02. The molecule has 2 aliphatic rings. The zero-order chi connectivity index (χ0) is 11.7. The van der Waals surface area contributed by atoms with Gasteiger partial charge in [-0.3, -0.25) is 0 Å². The molecule has 0 amide bonds. The Morgan fingerprint density at radius 1 is 0.947 bits per heavy atom. The van der Waals surface area contributed by atoms with Crippen molar-refractivity contribution in [2.24, 2.45) is 0 Å². The molecule has 2 unspecified atom stereocenters. The van der Waals surface area contributed by atoms with E-state index in [2.05, 4.69) is 34.3 Å². The molecular weight excluding hydrogens is 283 g/mol. The molecule has 0 aliphatic carbocycles. The molecule has 2 saturated heterocycles. The predicted molar refractivity (Wildman–Crippen MR) is 82.1 cm³/mol. The Morgan fingerprint density at radius 3 is 2.21 bits per heavy atom. The summed E-state index contributed by atoms with van der Waals surface area (Å²) in [5, 5.41) is 15.0. The highest BCUT2D eigenvalue weighted by atomic mass is 35.5. The summed E-state index contributed by atoms with van der Waals surface area (Å²) in [6, 6.07) is 10.4. The summed E-state index contributed by atoms with van der Waals surface area (Å²) < 4.78 is 0. The van der Waals surface area contributed by atoms with Gasteiger partial charge in [-0.25, -0.2) is 10.0 Å². The number of aliphatic hydroxyl groups is 1. The van der Waals surface area contributed by atoms with Crippen LogP contribution in [0.15, 0.2) is 30.3 Å². The van der Waals surface area contributed by atoms with Crippen LogP contribution in [0.3, 0.4) is 0 Å². The van der Waals surface area contributed by atoms with Gasteiger partial charge in [-0.1, -0.05) is 30.3 Å². The predicted octanol–water partition coefficient (Wildman–Crippen LogP) is 2.30. The summed E-state index contributed by atoms with van der Waals surface area (Å²) in [7, 11) is 0. The van der Waals surface area contributed by atoms with Gasteiger partial charge in [0.1, 0.15) is 0 Å². The minimum Gasteiger partial charge on any atom is -0.392 e. The molecule has 1 N–H and O–H groups in total. The fourth-order valence-corrected chi connectivity index (χ4v) is 2.79. The first-order valence-corrected chi connectivity index (χ1v) is 6.57. The van der Waals surface area contributed by atoms with E-state index in [-0.39, 0.29) is 36.8 Å². The van der Waals surface area contributed by atoms with Crippen molar-refractivity contribution < 1.29 is 5.11 Å². The van der Waals surface area contributed by atoms with Gasteiger partial charge in [0.05, 0.1) is 6.10 Å². The van der Waals surface area contributed by atoms with E-state index in [1.54, 1.807) is 0 Å². The normalized spacial score (nSPS) is 27.8. The molecule has 0 bridgehead atoms. The Kier molecular flexibility index (Phi) is 6.57. The van der Waals surface area contributed by atoms with Crippen molar-refractivity contribution in [2.45, 2.75) is 24.9 Å². The average Bonchev–Trinajstić information content (AvgIpc) is 2.30. The second-order valence-corrected chi connectivity index (χ2v) is 5.09. The minimum atomic E-state index is -0.185. The molecular formula is C14H22Cl2N2O. The molecule has 0 saturated carbocycles.